The summed E-state index contributed by atoms with van der Waals surface area (Å²) in [6.45, 7) is 3.93. The molecule has 16 heavy (non-hydrogen) atoms. The first-order valence-electron chi connectivity index (χ1n) is 6.08. The molecule has 5 heteroatoms. The highest BCUT2D eigenvalue weighted by Crippen LogP contribution is 2.13. The lowest BCUT2D eigenvalue weighted by molar-refractivity contribution is 0.0663. The van der Waals surface area contributed by atoms with Crippen LogP contribution in [0, 0.1) is 5.92 Å². The molecule has 1 aliphatic rings. The van der Waals surface area contributed by atoms with Crippen molar-refractivity contribution in [1.82, 2.24) is 5.32 Å². The molecule has 94 valence electrons. The van der Waals surface area contributed by atoms with Gasteiger partial charge in [0, 0.05) is 19.6 Å². The summed E-state index contributed by atoms with van der Waals surface area (Å²) < 4.78 is 5.30. The van der Waals surface area contributed by atoms with Crippen LogP contribution >= 0.6 is 0 Å². The predicted molar refractivity (Wildman–Crippen MR) is 63.7 cm³/mol. The molecule has 0 unspecified atom stereocenters. The van der Waals surface area contributed by atoms with Crippen LogP contribution in [0.4, 0.5) is 0 Å². The first-order chi connectivity index (χ1) is 7.83. The van der Waals surface area contributed by atoms with Gasteiger partial charge in [0.05, 0.1) is 0 Å². The summed E-state index contributed by atoms with van der Waals surface area (Å²) in [5.41, 5.74) is 5.37. The number of oxime groups is 1. The third-order valence-corrected chi connectivity index (χ3v) is 2.94. The molecule has 0 amide bonds. The number of unbranched alkanes of at least 4 members (excludes halogenated alkanes) is 1. The molecule has 4 N–H and O–H groups in total. The second kappa shape index (κ2) is 8.35. The summed E-state index contributed by atoms with van der Waals surface area (Å²) in [4.78, 5) is 0. The lowest BCUT2D eigenvalue weighted by Gasteiger charge is -2.22. The summed E-state index contributed by atoms with van der Waals surface area (Å²) in [6, 6.07) is 0. The van der Waals surface area contributed by atoms with Gasteiger partial charge in [-0.1, -0.05) is 5.16 Å². The highest BCUT2D eigenvalue weighted by molar-refractivity contribution is 5.79. The summed E-state index contributed by atoms with van der Waals surface area (Å²) in [6.07, 6.45) is 5.07. The number of hydrogen-bond acceptors (Lipinski definition) is 4. The maximum atomic E-state index is 8.34. The fourth-order valence-corrected chi connectivity index (χ4v) is 1.86. The van der Waals surface area contributed by atoms with Crippen LogP contribution in [0.15, 0.2) is 5.16 Å². The number of rotatable bonds is 7. The molecule has 0 aliphatic carbocycles. The van der Waals surface area contributed by atoms with Gasteiger partial charge in [-0.2, -0.15) is 0 Å². The average molecular weight is 229 g/mol. The normalized spacial score (nSPS) is 18.9. The maximum Gasteiger partial charge on any atom is 0.139 e. The van der Waals surface area contributed by atoms with E-state index in [2.05, 4.69) is 10.5 Å². The van der Waals surface area contributed by atoms with Crippen LogP contribution < -0.4 is 11.1 Å². The van der Waals surface area contributed by atoms with Crippen LogP contribution in [0.3, 0.4) is 0 Å². The topological polar surface area (TPSA) is 79.9 Å². The molecule has 5 nitrogen and oxygen atoms in total. The van der Waals surface area contributed by atoms with E-state index in [9.17, 15) is 0 Å². The van der Waals surface area contributed by atoms with Crippen molar-refractivity contribution in [2.45, 2.75) is 32.1 Å². The Labute approximate surface area is 97.0 Å². The van der Waals surface area contributed by atoms with Crippen LogP contribution in [-0.2, 0) is 4.74 Å². The predicted octanol–water partition coefficient (Wildman–Crippen LogP) is 0.919. The van der Waals surface area contributed by atoms with Crippen molar-refractivity contribution in [3.8, 4) is 0 Å². The van der Waals surface area contributed by atoms with E-state index in [0.717, 1.165) is 45.1 Å². The van der Waals surface area contributed by atoms with Crippen LogP contribution in [0.2, 0.25) is 0 Å². The molecule has 1 rings (SSSR count). The molecule has 0 aromatic rings. The Balaban J connectivity index is 1.87. The van der Waals surface area contributed by atoms with Gasteiger partial charge in [0.2, 0.25) is 0 Å². The fourth-order valence-electron chi connectivity index (χ4n) is 1.86. The molecule has 1 saturated heterocycles. The van der Waals surface area contributed by atoms with Crippen LogP contribution in [0.25, 0.3) is 0 Å². The molecule has 0 radical (unpaired) electrons. The number of amidine groups is 1. The molecule has 0 atom stereocenters. The second-order valence-corrected chi connectivity index (χ2v) is 4.31. The van der Waals surface area contributed by atoms with Gasteiger partial charge in [0.1, 0.15) is 5.84 Å². The quantitative estimate of drug-likeness (QED) is 0.199. The number of ether oxygens (including phenoxy) is 1. The van der Waals surface area contributed by atoms with Crippen LogP contribution in [-0.4, -0.2) is 37.3 Å². The first-order valence-corrected chi connectivity index (χ1v) is 6.08. The van der Waals surface area contributed by atoms with E-state index in [4.69, 9.17) is 15.7 Å². The Morgan fingerprint density at radius 2 is 2.12 bits per heavy atom. The Morgan fingerprint density at radius 3 is 2.81 bits per heavy atom. The zero-order valence-corrected chi connectivity index (χ0v) is 9.82. The Bertz CT molecular complexity index is 203. The Morgan fingerprint density at radius 1 is 1.38 bits per heavy atom. The minimum absolute atomic E-state index is 0.324. The summed E-state index contributed by atoms with van der Waals surface area (Å²) in [5, 5.41) is 14.7. The van der Waals surface area contributed by atoms with Gasteiger partial charge in [-0.3, -0.25) is 0 Å². The molecule has 0 spiro atoms. The van der Waals surface area contributed by atoms with E-state index in [1.54, 1.807) is 0 Å². The SMILES string of the molecule is NC(CCCCNCC1CCOCC1)=NO. The van der Waals surface area contributed by atoms with Gasteiger partial charge in [0.15, 0.2) is 0 Å². The third-order valence-electron chi connectivity index (χ3n) is 2.94. The number of nitrogens with two attached hydrogens (primary N) is 1. The lowest BCUT2D eigenvalue weighted by Crippen LogP contribution is -2.28. The smallest absolute Gasteiger partial charge is 0.139 e. The van der Waals surface area contributed by atoms with E-state index in [1.807, 2.05) is 0 Å². The molecular weight excluding hydrogens is 206 g/mol. The zero-order valence-electron chi connectivity index (χ0n) is 9.82. The van der Waals surface area contributed by atoms with E-state index < -0.39 is 0 Å². The van der Waals surface area contributed by atoms with E-state index >= 15 is 0 Å². The molecule has 0 aromatic carbocycles. The van der Waals surface area contributed by atoms with Crippen molar-refractivity contribution >= 4 is 5.84 Å². The Hall–Kier alpha value is -0.810. The monoisotopic (exact) mass is 229 g/mol. The van der Waals surface area contributed by atoms with Crippen LogP contribution in [0.5, 0.6) is 0 Å². The van der Waals surface area contributed by atoms with Crippen molar-refractivity contribution in [3.63, 3.8) is 0 Å². The molecule has 1 heterocycles. The Kier molecular flexibility index (Phi) is 6.92. The first kappa shape index (κ1) is 13.3. The molecule has 0 bridgehead atoms. The van der Waals surface area contributed by atoms with E-state index in [-0.39, 0.29) is 0 Å². The fraction of sp³-hybridized carbons (Fsp3) is 0.909. The summed E-state index contributed by atoms with van der Waals surface area (Å²) >= 11 is 0. The summed E-state index contributed by atoms with van der Waals surface area (Å²) in [7, 11) is 0. The van der Waals surface area contributed by atoms with Crippen LogP contribution in [0.1, 0.15) is 32.1 Å². The van der Waals surface area contributed by atoms with Crippen molar-refractivity contribution < 1.29 is 9.94 Å². The molecular formula is C11H23N3O2. The molecule has 0 aromatic heterocycles. The highest BCUT2D eigenvalue weighted by atomic mass is 16.5. The van der Waals surface area contributed by atoms with E-state index in [0.29, 0.717) is 12.3 Å². The van der Waals surface area contributed by atoms with Gasteiger partial charge in [-0.05, 0) is 44.7 Å². The molecule has 1 fully saturated rings. The van der Waals surface area contributed by atoms with Gasteiger partial charge in [0.25, 0.3) is 0 Å². The van der Waals surface area contributed by atoms with E-state index in [1.165, 1.54) is 12.8 Å². The maximum absolute atomic E-state index is 8.34. The van der Waals surface area contributed by atoms with Gasteiger partial charge in [-0.15, -0.1) is 0 Å². The number of hydrogen-bond donors (Lipinski definition) is 3. The number of nitrogens with one attached hydrogen (secondary N) is 1. The van der Waals surface area contributed by atoms with Crippen molar-refractivity contribution in [3.05, 3.63) is 0 Å². The second-order valence-electron chi connectivity index (χ2n) is 4.31. The molecule has 1 aliphatic heterocycles. The molecule has 0 saturated carbocycles. The largest absolute Gasteiger partial charge is 0.409 e. The average Bonchev–Trinajstić information content (AvgIpc) is 2.34. The van der Waals surface area contributed by atoms with Gasteiger partial charge < -0.3 is 21.0 Å². The lowest BCUT2D eigenvalue weighted by atomic mass is 10.0. The number of nitrogens with zero attached hydrogens (tertiary/aromatic N) is 1. The van der Waals surface area contributed by atoms with Crippen molar-refractivity contribution in [1.29, 1.82) is 0 Å². The minimum atomic E-state index is 0.324. The van der Waals surface area contributed by atoms with Gasteiger partial charge in [-0.25, -0.2) is 0 Å². The van der Waals surface area contributed by atoms with Crippen molar-refractivity contribution in [2.75, 3.05) is 26.3 Å². The highest BCUT2D eigenvalue weighted by Gasteiger charge is 2.12. The van der Waals surface area contributed by atoms with Crippen molar-refractivity contribution in [2.24, 2.45) is 16.8 Å². The zero-order chi connectivity index (χ0) is 11.6. The minimum Gasteiger partial charge on any atom is -0.409 e. The third kappa shape index (κ3) is 5.92. The summed E-state index contributed by atoms with van der Waals surface area (Å²) in [5.74, 6) is 1.10. The standard InChI is InChI=1S/C11H23N3O2/c12-11(14-15)3-1-2-6-13-9-10-4-7-16-8-5-10/h10,13,15H,1-9H2,(H2,12,14). The van der Waals surface area contributed by atoms with Gasteiger partial charge >= 0.3 is 0 Å².